The average molecular weight is 546 g/mol. The van der Waals surface area contributed by atoms with Crippen molar-refractivity contribution in [1.82, 2.24) is 24.6 Å². The van der Waals surface area contributed by atoms with Crippen molar-refractivity contribution in [1.29, 1.82) is 0 Å². The molecule has 0 bridgehead atoms. The molecule has 0 radical (unpaired) electrons. The van der Waals surface area contributed by atoms with Crippen molar-refractivity contribution in [3.05, 3.63) is 68.9 Å². The van der Waals surface area contributed by atoms with Crippen molar-refractivity contribution in [2.75, 3.05) is 13.1 Å². The number of carbonyl (C=O) groups excluding carboxylic acids is 2. The molecular formula is C27H30F3N5O2S. The predicted molar refractivity (Wildman–Crippen MR) is 136 cm³/mol. The van der Waals surface area contributed by atoms with Gasteiger partial charge in [-0.05, 0) is 56.2 Å². The number of carbonyl (C=O) groups is 2. The lowest BCUT2D eigenvalue weighted by Gasteiger charge is -2.33. The molecule has 202 valence electrons. The van der Waals surface area contributed by atoms with Crippen LogP contribution in [-0.2, 0) is 35.3 Å². The predicted octanol–water partition coefficient (Wildman–Crippen LogP) is 5.11. The van der Waals surface area contributed by atoms with Crippen molar-refractivity contribution >= 4 is 23.7 Å². The van der Waals surface area contributed by atoms with Crippen LogP contribution in [0.15, 0.2) is 35.7 Å². The number of rotatable bonds is 7. The number of nitrogens with zero attached hydrogens (tertiary/aromatic N) is 5. The molecule has 1 saturated heterocycles. The van der Waals surface area contributed by atoms with Crippen LogP contribution in [-0.4, -0.2) is 50.0 Å². The van der Waals surface area contributed by atoms with Crippen LogP contribution in [0.4, 0.5) is 13.2 Å². The number of hydrogen-bond donors (Lipinski definition) is 0. The minimum Gasteiger partial charge on any atom is -0.341 e. The van der Waals surface area contributed by atoms with Crippen LogP contribution in [0.1, 0.15) is 70.9 Å². The van der Waals surface area contributed by atoms with Gasteiger partial charge in [0.05, 0.1) is 23.3 Å². The van der Waals surface area contributed by atoms with Gasteiger partial charge in [0.25, 0.3) is 0 Å². The van der Waals surface area contributed by atoms with E-state index in [0.717, 1.165) is 60.0 Å². The fourth-order valence-electron chi connectivity index (χ4n) is 5.48. The lowest BCUT2D eigenvalue weighted by molar-refractivity contribution is -0.142. The first-order valence-electron chi connectivity index (χ1n) is 12.9. The smallest absolute Gasteiger partial charge is 0.341 e. The Morgan fingerprint density at radius 1 is 1.21 bits per heavy atom. The highest BCUT2D eigenvalue weighted by Gasteiger charge is 2.35. The minimum absolute atomic E-state index is 0.0579. The number of aromatic nitrogens is 3. The molecule has 0 N–H and O–H groups in total. The Balaban J connectivity index is 1.17. The summed E-state index contributed by atoms with van der Waals surface area (Å²) in [5, 5.41) is 6.58. The molecule has 38 heavy (non-hydrogen) atoms. The Labute approximate surface area is 223 Å². The molecule has 3 aromatic rings. The summed E-state index contributed by atoms with van der Waals surface area (Å²) >= 11 is 1.58. The fourth-order valence-corrected chi connectivity index (χ4v) is 6.46. The number of piperidine rings is 1. The SMILES string of the molecule is Cc1cc(C(F)(F)F)nn1CC(=O)N1CCC(c2nc(CN(C=O)[C@@H]3CCCc4ccccc43)cs2)CC1. The Morgan fingerprint density at radius 3 is 2.68 bits per heavy atom. The van der Waals surface area contributed by atoms with E-state index >= 15 is 0 Å². The zero-order valence-electron chi connectivity index (χ0n) is 21.2. The lowest BCUT2D eigenvalue weighted by atomic mass is 9.87. The molecule has 3 heterocycles. The molecule has 0 saturated carbocycles. The van der Waals surface area contributed by atoms with Crippen LogP contribution in [0, 0.1) is 6.92 Å². The minimum atomic E-state index is -4.53. The van der Waals surface area contributed by atoms with E-state index in [-0.39, 0.29) is 24.4 Å². The van der Waals surface area contributed by atoms with Crippen LogP contribution in [0.25, 0.3) is 0 Å². The number of halogens is 3. The standard InChI is InChI=1S/C27H30F3N5O2S/c1-18-13-24(27(28,29)30)32-35(18)15-25(37)33-11-9-20(10-12-33)26-31-21(16-38-26)14-34(17-36)23-8-4-6-19-5-2-3-7-22(19)23/h2-3,5,7,13,16-17,20,23H,4,6,8-12,14-15H2,1H3/t23-/m1/s1. The summed E-state index contributed by atoms with van der Waals surface area (Å²) in [4.78, 5) is 33.2. The van der Waals surface area contributed by atoms with E-state index in [9.17, 15) is 22.8 Å². The van der Waals surface area contributed by atoms with E-state index in [1.807, 2.05) is 22.4 Å². The van der Waals surface area contributed by atoms with Gasteiger partial charge >= 0.3 is 6.18 Å². The zero-order chi connectivity index (χ0) is 26.9. The van der Waals surface area contributed by atoms with Gasteiger partial charge in [-0.2, -0.15) is 18.3 Å². The molecule has 1 aliphatic heterocycles. The quantitative estimate of drug-likeness (QED) is 0.387. The second-order valence-corrected chi connectivity index (χ2v) is 10.9. The third-order valence-corrected chi connectivity index (χ3v) is 8.60. The van der Waals surface area contributed by atoms with Crippen molar-refractivity contribution < 1.29 is 22.8 Å². The van der Waals surface area contributed by atoms with Gasteiger partial charge in [0.15, 0.2) is 5.69 Å². The highest BCUT2D eigenvalue weighted by atomic mass is 32.1. The van der Waals surface area contributed by atoms with Crippen molar-refractivity contribution in [3.63, 3.8) is 0 Å². The molecule has 2 amide bonds. The van der Waals surface area contributed by atoms with Gasteiger partial charge in [0.1, 0.15) is 6.54 Å². The first-order chi connectivity index (χ1) is 18.2. The Morgan fingerprint density at radius 2 is 1.97 bits per heavy atom. The molecular weight excluding hydrogens is 515 g/mol. The summed E-state index contributed by atoms with van der Waals surface area (Å²) in [5.74, 6) is -0.0289. The number of hydrogen-bond acceptors (Lipinski definition) is 5. The summed E-state index contributed by atoms with van der Waals surface area (Å²) < 4.78 is 39.9. The second kappa shape index (κ2) is 10.9. The second-order valence-electron chi connectivity index (χ2n) is 10.0. The Hall–Kier alpha value is -3.21. The Kier molecular flexibility index (Phi) is 7.56. The van der Waals surface area contributed by atoms with Gasteiger partial charge in [-0.25, -0.2) is 4.98 Å². The lowest BCUT2D eigenvalue weighted by Crippen LogP contribution is -2.40. The third-order valence-electron chi connectivity index (χ3n) is 7.54. The van der Waals surface area contributed by atoms with Gasteiger partial charge in [-0.3, -0.25) is 14.3 Å². The van der Waals surface area contributed by atoms with E-state index in [1.165, 1.54) is 18.1 Å². The number of likely N-dealkylation sites (tertiary alicyclic amines) is 1. The van der Waals surface area contributed by atoms with Crippen molar-refractivity contribution in [2.45, 2.75) is 70.3 Å². The summed E-state index contributed by atoms with van der Waals surface area (Å²) in [6, 6.07) is 9.33. The monoisotopic (exact) mass is 545 g/mol. The van der Waals surface area contributed by atoms with E-state index in [0.29, 0.717) is 25.3 Å². The molecule has 1 atom stereocenters. The van der Waals surface area contributed by atoms with Crippen LogP contribution >= 0.6 is 11.3 Å². The largest absolute Gasteiger partial charge is 0.435 e. The van der Waals surface area contributed by atoms with Gasteiger partial charge in [-0.15, -0.1) is 11.3 Å². The molecule has 2 aromatic heterocycles. The molecule has 0 unspecified atom stereocenters. The molecule has 1 aromatic carbocycles. The van der Waals surface area contributed by atoms with Gasteiger partial charge in [-0.1, -0.05) is 24.3 Å². The fraction of sp³-hybridized carbons (Fsp3) is 0.481. The molecule has 7 nitrogen and oxygen atoms in total. The maximum absolute atomic E-state index is 12.9. The highest BCUT2D eigenvalue weighted by molar-refractivity contribution is 7.09. The van der Waals surface area contributed by atoms with E-state index < -0.39 is 11.9 Å². The van der Waals surface area contributed by atoms with Crippen LogP contribution < -0.4 is 0 Å². The summed E-state index contributed by atoms with van der Waals surface area (Å²) in [6.45, 7) is 2.80. The van der Waals surface area contributed by atoms with Gasteiger partial charge in [0, 0.05) is 30.1 Å². The molecule has 0 spiro atoms. The normalized spacial score (nSPS) is 18.3. The number of aryl methyl sites for hydroxylation is 2. The van der Waals surface area contributed by atoms with Crippen molar-refractivity contribution in [2.24, 2.45) is 0 Å². The maximum Gasteiger partial charge on any atom is 0.435 e. The molecule has 5 rings (SSSR count). The van der Waals surface area contributed by atoms with E-state index in [2.05, 4.69) is 17.2 Å². The number of benzene rings is 1. The Bertz CT molecular complexity index is 1300. The number of thiazole rings is 1. The molecule has 1 fully saturated rings. The maximum atomic E-state index is 12.9. The van der Waals surface area contributed by atoms with Crippen LogP contribution in [0.5, 0.6) is 0 Å². The zero-order valence-corrected chi connectivity index (χ0v) is 22.0. The van der Waals surface area contributed by atoms with E-state index in [4.69, 9.17) is 4.98 Å². The van der Waals surface area contributed by atoms with Crippen LogP contribution in [0.2, 0.25) is 0 Å². The summed E-state index contributed by atoms with van der Waals surface area (Å²) in [6.07, 6.45) is 0.889. The van der Waals surface area contributed by atoms with Gasteiger partial charge in [0.2, 0.25) is 12.3 Å². The van der Waals surface area contributed by atoms with Gasteiger partial charge < -0.3 is 9.80 Å². The first-order valence-corrected chi connectivity index (χ1v) is 13.7. The molecule has 1 aliphatic carbocycles. The number of amides is 2. The van der Waals surface area contributed by atoms with Crippen molar-refractivity contribution in [3.8, 4) is 0 Å². The summed E-state index contributed by atoms with van der Waals surface area (Å²) in [7, 11) is 0. The van der Waals surface area contributed by atoms with Crippen LogP contribution in [0.3, 0.4) is 0 Å². The third kappa shape index (κ3) is 5.62. The number of fused-ring (bicyclic) bond motifs is 1. The topological polar surface area (TPSA) is 71.3 Å². The molecule has 11 heteroatoms. The molecule has 2 aliphatic rings. The average Bonchev–Trinajstić information content (AvgIpc) is 3.53. The highest BCUT2D eigenvalue weighted by Crippen LogP contribution is 2.35. The first kappa shape index (κ1) is 26.4. The number of alkyl halides is 3. The summed E-state index contributed by atoms with van der Waals surface area (Å²) in [5.41, 5.74) is 2.71. The van der Waals surface area contributed by atoms with E-state index in [1.54, 1.807) is 16.2 Å².